The second-order valence-corrected chi connectivity index (χ2v) is 10.4. The van der Waals surface area contributed by atoms with Crippen LogP contribution in [0.2, 0.25) is 0 Å². The molecule has 8 heteroatoms. The molecule has 0 spiro atoms. The van der Waals surface area contributed by atoms with Crippen molar-refractivity contribution in [2.45, 2.75) is 55.1 Å². The summed E-state index contributed by atoms with van der Waals surface area (Å²) in [5.41, 5.74) is 1.59. The number of hydrogen-bond donors (Lipinski definition) is 1. The Balaban J connectivity index is 1.55. The van der Waals surface area contributed by atoms with Gasteiger partial charge >= 0.3 is 0 Å². The van der Waals surface area contributed by atoms with E-state index < -0.39 is 15.8 Å². The molecule has 2 heterocycles. The SMILES string of the molecule is Cc1ccc(NC(=O)C(CC2CCOCC2)c2ccc(S(=O)(=O)C3CC3)cc2)nn1. The van der Waals surface area contributed by atoms with Crippen LogP contribution in [-0.2, 0) is 19.4 Å². The van der Waals surface area contributed by atoms with Crippen molar-refractivity contribution in [2.75, 3.05) is 18.5 Å². The summed E-state index contributed by atoms with van der Waals surface area (Å²) < 4.78 is 30.4. The van der Waals surface area contributed by atoms with E-state index in [2.05, 4.69) is 15.5 Å². The number of anilines is 1. The van der Waals surface area contributed by atoms with Crippen molar-refractivity contribution in [1.29, 1.82) is 0 Å². The topological polar surface area (TPSA) is 98.2 Å². The fraction of sp³-hybridized carbons (Fsp3) is 0.500. The molecule has 2 fully saturated rings. The molecule has 0 radical (unpaired) electrons. The molecular weight excluding hydrogens is 402 g/mol. The molecule has 1 amide bonds. The third kappa shape index (κ3) is 4.87. The second-order valence-electron chi connectivity index (χ2n) is 8.21. The highest BCUT2D eigenvalue weighted by atomic mass is 32.2. The molecule has 1 saturated heterocycles. The van der Waals surface area contributed by atoms with Gasteiger partial charge in [-0.1, -0.05) is 12.1 Å². The van der Waals surface area contributed by atoms with Crippen LogP contribution in [0.1, 0.15) is 49.3 Å². The minimum atomic E-state index is -3.24. The number of sulfone groups is 1. The Labute approximate surface area is 177 Å². The number of benzene rings is 1. The molecule has 2 aliphatic rings. The number of hydrogen-bond acceptors (Lipinski definition) is 6. The van der Waals surface area contributed by atoms with Gasteiger partial charge in [-0.15, -0.1) is 5.10 Å². The van der Waals surface area contributed by atoms with Crippen molar-refractivity contribution in [3.63, 3.8) is 0 Å². The molecule has 1 aromatic heterocycles. The fourth-order valence-corrected chi connectivity index (χ4v) is 5.51. The zero-order chi connectivity index (χ0) is 21.1. The minimum Gasteiger partial charge on any atom is -0.381 e. The molecule has 7 nitrogen and oxygen atoms in total. The van der Waals surface area contributed by atoms with Gasteiger partial charge in [0, 0.05) is 13.2 Å². The predicted octanol–water partition coefficient (Wildman–Crippen LogP) is 3.26. The number of nitrogens with one attached hydrogen (secondary N) is 1. The third-order valence-electron chi connectivity index (χ3n) is 5.85. The smallest absolute Gasteiger partial charge is 0.233 e. The van der Waals surface area contributed by atoms with Gasteiger partial charge in [0.2, 0.25) is 5.91 Å². The first-order chi connectivity index (χ1) is 14.4. The molecule has 160 valence electrons. The first-order valence-corrected chi connectivity index (χ1v) is 12.0. The number of carbonyl (C=O) groups is 1. The van der Waals surface area contributed by atoms with Crippen LogP contribution in [0.5, 0.6) is 0 Å². The Morgan fingerprint density at radius 2 is 1.77 bits per heavy atom. The quantitative estimate of drug-likeness (QED) is 0.725. The van der Waals surface area contributed by atoms with Crippen LogP contribution in [0.25, 0.3) is 0 Å². The van der Waals surface area contributed by atoms with E-state index in [-0.39, 0.29) is 11.2 Å². The Morgan fingerprint density at radius 1 is 1.07 bits per heavy atom. The molecule has 4 rings (SSSR count). The molecule has 30 heavy (non-hydrogen) atoms. The standard InChI is InChI=1S/C22H27N3O4S/c1-15-2-9-21(25-24-15)23-22(26)20(14-16-10-12-29-13-11-16)17-3-5-18(6-4-17)30(27,28)19-7-8-19/h2-6,9,16,19-20H,7-8,10-14H2,1H3,(H,23,25,26). The normalized spacial score (nSPS) is 18.7. The summed E-state index contributed by atoms with van der Waals surface area (Å²) in [7, 11) is -3.24. The molecule has 1 aliphatic heterocycles. The van der Waals surface area contributed by atoms with Crippen LogP contribution in [-0.4, -0.2) is 43.0 Å². The van der Waals surface area contributed by atoms with Gasteiger partial charge in [0.1, 0.15) is 0 Å². The maximum Gasteiger partial charge on any atom is 0.233 e. The van der Waals surface area contributed by atoms with Gasteiger partial charge in [0.05, 0.1) is 21.8 Å². The largest absolute Gasteiger partial charge is 0.381 e. The summed E-state index contributed by atoms with van der Waals surface area (Å²) in [5, 5.41) is 10.6. The van der Waals surface area contributed by atoms with E-state index in [0.29, 0.717) is 36.3 Å². The summed E-state index contributed by atoms with van der Waals surface area (Å²) in [4.78, 5) is 13.5. The number of carbonyl (C=O) groups excluding carboxylic acids is 1. The van der Waals surface area contributed by atoms with Crippen LogP contribution < -0.4 is 5.32 Å². The molecule has 1 aliphatic carbocycles. The Bertz CT molecular complexity index is 980. The lowest BCUT2D eigenvalue weighted by molar-refractivity contribution is -0.118. The zero-order valence-corrected chi connectivity index (χ0v) is 17.9. The average Bonchev–Trinajstić information content (AvgIpc) is 3.61. The second kappa shape index (κ2) is 8.81. The summed E-state index contributed by atoms with van der Waals surface area (Å²) in [6, 6.07) is 10.4. The lowest BCUT2D eigenvalue weighted by Crippen LogP contribution is -2.26. The maximum absolute atomic E-state index is 13.1. The number of amides is 1. The molecule has 2 aromatic rings. The zero-order valence-electron chi connectivity index (χ0n) is 17.1. The van der Waals surface area contributed by atoms with Crippen LogP contribution in [0.4, 0.5) is 5.82 Å². The van der Waals surface area contributed by atoms with Gasteiger partial charge < -0.3 is 10.1 Å². The highest BCUT2D eigenvalue weighted by molar-refractivity contribution is 7.92. The number of rotatable bonds is 7. The van der Waals surface area contributed by atoms with Gasteiger partial charge in [0.25, 0.3) is 0 Å². The van der Waals surface area contributed by atoms with Gasteiger partial charge in [-0.2, -0.15) is 5.10 Å². The van der Waals surface area contributed by atoms with Crippen LogP contribution in [0.3, 0.4) is 0 Å². The molecule has 1 N–H and O–H groups in total. The van der Waals surface area contributed by atoms with Gasteiger partial charge in [-0.05, 0) is 74.8 Å². The number of aromatic nitrogens is 2. The van der Waals surface area contributed by atoms with Crippen LogP contribution in [0.15, 0.2) is 41.3 Å². The summed E-state index contributed by atoms with van der Waals surface area (Å²) in [6.07, 6.45) is 3.99. The molecule has 0 bridgehead atoms. The van der Waals surface area contributed by atoms with Crippen molar-refractivity contribution in [3.05, 3.63) is 47.7 Å². The third-order valence-corrected chi connectivity index (χ3v) is 8.13. The lowest BCUT2D eigenvalue weighted by atomic mass is 9.84. The van der Waals surface area contributed by atoms with E-state index in [1.807, 2.05) is 6.92 Å². The van der Waals surface area contributed by atoms with Crippen molar-refractivity contribution < 1.29 is 17.9 Å². The first kappa shape index (κ1) is 20.9. The molecule has 1 saturated carbocycles. The fourth-order valence-electron chi connectivity index (χ4n) is 3.85. The van der Waals surface area contributed by atoms with Crippen LogP contribution in [0, 0.1) is 12.8 Å². The molecule has 1 atom stereocenters. The summed E-state index contributed by atoms with van der Waals surface area (Å²) in [5.74, 6) is 0.246. The highest BCUT2D eigenvalue weighted by Gasteiger charge is 2.37. The van der Waals surface area contributed by atoms with Crippen molar-refractivity contribution in [1.82, 2.24) is 10.2 Å². The Hall–Kier alpha value is -2.32. The number of ether oxygens (including phenoxy) is 1. The van der Waals surface area contributed by atoms with E-state index in [9.17, 15) is 13.2 Å². The van der Waals surface area contributed by atoms with E-state index in [1.54, 1.807) is 36.4 Å². The van der Waals surface area contributed by atoms with Gasteiger partial charge in [-0.3, -0.25) is 4.79 Å². The number of nitrogens with zero attached hydrogens (tertiary/aromatic N) is 2. The van der Waals surface area contributed by atoms with Crippen molar-refractivity contribution in [3.8, 4) is 0 Å². The first-order valence-electron chi connectivity index (χ1n) is 10.5. The predicted molar refractivity (Wildman–Crippen MR) is 113 cm³/mol. The Morgan fingerprint density at radius 3 is 2.37 bits per heavy atom. The number of aryl methyl sites for hydroxylation is 1. The average molecular weight is 430 g/mol. The molecular formula is C22H27N3O4S. The highest BCUT2D eigenvalue weighted by Crippen LogP contribution is 2.35. The van der Waals surface area contributed by atoms with Crippen molar-refractivity contribution in [2.24, 2.45) is 5.92 Å². The summed E-state index contributed by atoms with van der Waals surface area (Å²) >= 11 is 0. The molecule has 1 unspecified atom stereocenters. The summed E-state index contributed by atoms with van der Waals surface area (Å²) in [6.45, 7) is 3.26. The van der Waals surface area contributed by atoms with Crippen molar-refractivity contribution >= 4 is 21.6 Å². The van der Waals surface area contributed by atoms with E-state index in [4.69, 9.17) is 4.74 Å². The van der Waals surface area contributed by atoms with E-state index >= 15 is 0 Å². The minimum absolute atomic E-state index is 0.155. The maximum atomic E-state index is 13.1. The molecule has 1 aromatic carbocycles. The van der Waals surface area contributed by atoms with E-state index in [1.165, 1.54) is 0 Å². The van der Waals surface area contributed by atoms with Gasteiger partial charge in [0.15, 0.2) is 15.7 Å². The van der Waals surface area contributed by atoms with Crippen LogP contribution >= 0.6 is 0 Å². The monoisotopic (exact) mass is 429 g/mol. The van der Waals surface area contributed by atoms with E-state index in [0.717, 1.165) is 36.9 Å². The van der Waals surface area contributed by atoms with Gasteiger partial charge in [-0.25, -0.2) is 8.42 Å². The lowest BCUT2D eigenvalue weighted by Gasteiger charge is -2.26. The Kier molecular flexibility index (Phi) is 6.15.